The monoisotopic (exact) mass is 410 g/mol. The average Bonchev–Trinajstić information content (AvgIpc) is 3.24. The fourth-order valence-electron chi connectivity index (χ4n) is 2.87. The van der Waals surface area contributed by atoms with E-state index >= 15 is 0 Å². The Hall–Kier alpha value is -2.93. The first-order chi connectivity index (χ1) is 14.2. The molecule has 152 valence electrons. The van der Waals surface area contributed by atoms with E-state index in [1.54, 1.807) is 13.3 Å². The van der Waals surface area contributed by atoms with E-state index in [1.807, 2.05) is 53.2 Å². The number of carbonyl (C=O) groups excluding carboxylic acids is 1. The molecule has 0 atom stereocenters. The zero-order valence-electron chi connectivity index (χ0n) is 16.7. The van der Waals surface area contributed by atoms with Gasteiger partial charge in [0.2, 0.25) is 5.91 Å². The van der Waals surface area contributed by atoms with Crippen LogP contribution in [0.2, 0.25) is 0 Å². The lowest BCUT2D eigenvalue weighted by atomic mass is 10.3. The van der Waals surface area contributed by atoms with Gasteiger partial charge < -0.3 is 15.0 Å². The Bertz CT molecular complexity index is 897. The quantitative estimate of drug-likeness (QED) is 0.409. The van der Waals surface area contributed by atoms with Crippen molar-refractivity contribution in [3.8, 4) is 11.4 Å². The Balaban J connectivity index is 1.41. The molecule has 0 fully saturated rings. The van der Waals surface area contributed by atoms with E-state index in [0.717, 1.165) is 29.6 Å². The molecule has 0 aliphatic carbocycles. The van der Waals surface area contributed by atoms with Crippen molar-refractivity contribution in [1.29, 1.82) is 0 Å². The number of hydrogen-bond acceptors (Lipinski definition) is 5. The zero-order chi connectivity index (χ0) is 20.5. The predicted octanol–water partition coefficient (Wildman–Crippen LogP) is 3.62. The molecule has 3 rings (SSSR count). The number of ether oxygens (including phenoxy) is 1. The first kappa shape index (κ1) is 20.8. The number of imidazole rings is 1. The largest absolute Gasteiger partial charge is 0.497 e. The van der Waals surface area contributed by atoms with Gasteiger partial charge in [0.05, 0.1) is 12.9 Å². The summed E-state index contributed by atoms with van der Waals surface area (Å²) in [5.41, 5.74) is 2.16. The fraction of sp³-hybridized carbons (Fsp3) is 0.273. The van der Waals surface area contributed by atoms with E-state index in [2.05, 4.69) is 34.4 Å². The second kappa shape index (κ2) is 10.6. The zero-order valence-corrected chi connectivity index (χ0v) is 17.6. The molecule has 29 heavy (non-hydrogen) atoms. The second-order valence-corrected chi connectivity index (χ2v) is 7.47. The van der Waals surface area contributed by atoms with E-state index in [4.69, 9.17) is 4.74 Å². The van der Waals surface area contributed by atoms with Crippen LogP contribution in [0.4, 0.5) is 5.69 Å². The van der Waals surface area contributed by atoms with Crippen LogP contribution in [0.1, 0.15) is 6.42 Å². The third kappa shape index (κ3) is 6.02. The van der Waals surface area contributed by atoms with Crippen molar-refractivity contribution in [1.82, 2.24) is 14.9 Å². The topological polar surface area (TPSA) is 59.4 Å². The van der Waals surface area contributed by atoms with E-state index in [9.17, 15) is 4.79 Å². The molecule has 1 aromatic heterocycles. The normalized spacial score (nSPS) is 10.6. The summed E-state index contributed by atoms with van der Waals surface area (Å²) < 4.78 is 7.16. The van der Waals surface area contributed by atoms with Crippen LogP contribution >= 0.6 is 11.8 Å². The number of methoxy groups -OCH3 is 1. The van der Waals surface area contributed by atoms with Crippen LogP contribution in [0.5, 0.6) is 5.75 Å². The van der Waals surface area contributed by atoms with Crippen molar-refractivity contribution in [3.05, 3.63) is 67.0 Å². The van der Waals surface area contributed by atoms with E-state index < -0.39 is 0 Å². The third-order valence-corrected chi connectivity index (χ3v) is 5.45. The molecule has 3 aromatic rings. The minimum Gasteiger partial charge on any atom is -0.497 e. The number of rotatable bonds is 10. The van der Waals surface area contributed by atoms with Crippen molar-refractivity contribution in [2.75, 3.05) is 37.9 Å². The number of para-hydroxylation sites is 1. The Kier molecular flexibility index (Phi) is 7.58. The number of amides is 1. The molecule has 0 saturated carbocycles. The lowest BCUT2D eigenvalue weighted by Gasteiger charge is -2.19. The van der Waals surface area contributed by atoms with Crippen LogP contribution in [0.3, 0.4) is 0 Å². The van der Waals surface area contributed by atoms with E-state index in [-0.39, 0.29) is 5.91 Å². The molecule has 2 aromatic carbocycles. The van der Waals surface area contributed by atoms with Gasteiger partial charge in [-0.3, -0.25) is 9.36 Å². The number of hydrogen-bond donors (Lipinski definition) is 1. The highest BCUT2D eigenvalue weighted by Gasteiger charge is 2.09. The maximum atomic E-state index is 12.2. The number of aromatic nitrogens is 2. The van der Waals surface area contributed by atoms with Gasteiger partial charge in [0.1, 0.15) is 5.75 Å². The molecule has 0 aliphatic rings. The molecular weight excluding hydrogens is 384 g/mol. The number of anilines is 1. The number of nitrogens with one attached hydrogen (secondary N) is 1. The van der Waals surface area contributed by atoms with Gasteiger partial charge in [-0.25, -0.2) is 4.98 Å². The fourth-order valence-corrected chi connectivity index (χ4v) is 3.68. The minimum atomic E-state index is 0.0154. The van der Waals surface area contributed by atoms with Gasteiger partial charge in [-0.2, -0.15) is 0 Å². The maximum absolute atomic E-state index is 12.2. The summed E-state index contributed by atoms with van der Waals surface area (Å²) in [5.74, 6) is 1.16. The highest BCUT2D eigenvalue weighted by molar-refractivity contribution is 7.99. The number of nitrogens with zero attached hydrogens (tertiary/aromatic N) is 3. The molecule has 0 unspecified atom stereocenters. The van der Waals surface area contributed by atoms with Crippen LogP contribution in [0.15, 0.2) is 72.1 Å². The van der Waals surface area contributed by atoms with E-state index in [0.29, 0.717) is 12.3 Å². The van der Waals surface area contributed by atoms with Crippen molar-refractivity contribution < 1.29 is 9.53 Å². The summed E-state index contributed by atoms with van der Waals surface area (Å²) in [6.45, 7) is 1.54. The molecule has 0 radical (unpaired) electrons. The predicted molar refractivity (Wildman–Crippen MR) is 118 cm³/mol. The summed E-state index contributed by atoms with van der Waals surface area (Å²) >= 11 is 1.43. The Morgan fingerprint density at radius 3 is 2.66 bits per heavy atom. The van der Waals surface area contributed by atoms with Crippen molar-refractivity contribution in [2.24, 2.45) is 0 Å². The molecule has 7 heteroatoms. The van der Waals surface area contributed by atoms with Crippen LogP contribution in [0, 0.1) is 0 Å². The van der Waals surface area contributed by atoms with Crippen molar-refractivity contribution in [3.63, 3.8) is 0 Å². The molecular formula is C22H26N4O2S. The summed E-state index contributed by atoms with van der Waals surface area (Å²) in [4.78, 5) is 18.7. The highest BCUT2D eigenvalue weighted by Crippen LogP contribution is 2.22. The van der Waals surface area contributed by atoms with Crippen LogP contribution in [0.25, 0.3) is 5.69 Å². The standard InChI is InChI=1S/C22H26N4O2S/c1-25(18-7-4-3-5-8-18)15-6-13-23-21(27)17-29-22-24-14-16-26(22)19-9-11-20(28-2)12-10-19/h3-5,7-12,14,16H,6,13,15,17H2,1-2H3,(H,23,27). The van der Waals surface area contributed by atoms with Gasteiger partial charge in [0.15, 0.2) is 5.16 Å². The van der Waals surface area contributed by atoms with Gasteiger partial charge in [-0.1, -0.05) is 30.0 Å². The molecule has 0 saturated heterocycles. The first-order valence-corrected chi connectivity index (χ1v) is 10.5. The van der Waals surface area contributed by atoms with Crippen LogP contribution in [-0.2, 0) is 4.79 Å². The smallest absolute Gasteiger partial charge is 0.230 e. The Morgan fingerprint density at radius 2 is 1.93 bits per heavy atom. The SMILES string of the molecule is COc1ccc(-n2ccnc2SCC(=O)NCCCN(C)c2ccccc2)cc1. The van der Waals surface area contributed by atoms with Gasteiger partial charge in [0, 0.05) is 43.9 Å². The maximum Gasteiger partial charge on any atom is 0.230 e. The highest BCUT2D eigenvalue weighted by atomic mass is 32.2. The summed E-state index contributed by atoms with van der Waals surface area (Å²) in [6, 6.07) is 18.0. The molecule has 0 spiro atoms. The Morgan fingerprint density at radius 1 is 1.17 bits per heavy atom. The number of thioether (sulfide) groups is 1. The van der Waals surface area contributed by atoms with E-state index in [1.165, 1.54) is 17.4 Å². The summed E-state index contributed by atoms with van der Waals surface area (Å²) in [6.07, 6.45) is 4.52. The van der Waals surface area contributed by atoms with Crippen molar-refractivity contribution >= 4 is 23.4 Å². The van der Waals surface area contributed by atoms with Crippen molar-refractivity contribution in [2.45, 2.75) is 11.6 Å². The van der Waals surface area contributed by atoms with Gasteiger partial charge in [-0.05, 0) is 42.8 Å². The lowest BCUT2D eigenvalue weighted by Crippen LogP contribution is -2.29. The molecule has 1 heterocycles. The molecule has 6 nitrogen and oxygen atoms in total. The molecule has 1 N–H and O–H groups in total. The second-order valence-electron chi connectivity index (χ2n) is 6.53. The first-order valence-electron chi connectivity index (χ1n) is 9.51. The summed E-state index contributed by atoms with van der Waals surface area (Å²) in [7, 11) is 3.71. The van der Waals surface area contributed by atoms with Crippen LogP contribution in [-0.4, -0.2) is 48.5 Å². The number of carbonyl (C=O) groups is 1. The minimum absolute atomic E-state index is 0.0154. The average molecular weight is 411 g/mol. The van der Waals surface area contributed by atoms with Gasteiger partial charge >= 0.3 is 0 Å². The molecule has 0 aliphatic heterocycles. The molecule has 1 amide bonds. The Labute approximate surface area is 175 Å². The van der Waals surface area contributed by atoms with Gasteiger partial charge in [0.25, 0.3) is 0 Å². The van der Waals surface area contributed by atoms with Crippen LogP contribution < -0.4 is 15.0 Å². The summed E-state index contributed by atoms with van der Waals surface area (Å²) in [5, 5.41) is 3.77. The third-order valence-electron chi connectivity index (χ3n) is 4.48. The molecule has 0 bridgehead atoms. The number of benzene rings is 2. The lowest BCUT2D eigenvalue weighted by molar-refractivity contribution is -0.118. The van der Waals surface area contributed by atoms with Gasteiger partial charge in [-0.15, -0.1) is 0 Å².